The maximum Gasteiger partial charge on any atom is 0.133 e. The number of alkyl halides is 1. The Balaban J connectivity index is 1.92. The first kappa shape index (κ1) is 15.1. The van der Waals surface area contributed by atoms with Gasteiger partial charge in [-0.1, -0.05) is 25.3 Å². The average Bonchev–Trinajstić information content (AvgIpc) is 2.35. The first-order chi connectivity index (χ1) is 9.20. The van der Waals surface area contributed by atoms with Crippen molar-refractivity contribution in [1.82, 2.24) is 0 Å². The highest BCUT2D eigenvalue weighted by molar-refractivity contribution is 9.10. The van der Waals surface area contributed by atoms with Crippen molar-refractivity contribution in [1.29, 1.82) is 0 Å². The van der Waals surface area contributed by atoms with Crippen LogP contribution in [0.4, 0.5) is 0 Å². The first-order valence-electron chi connectivity index (χ1n) is 6.76. The van der Waals surface area contributed by atoms with Crippen LogP contribution in [0.25, 0.3) is 0 Å². The summed E-state index contributed by atoms with van der Waals surface area (Å²) in [5.74, 6) is 1.66. The molecule has 1 fully saturated rings. The molecule has 0 aliphatic heterocycles. The third kappa shape index (κ3) is 4.37. The van der Waals surface area contributed by atoms with Gasteiger partial charge in [0.15, 0.2) is 0 Å². The van der Waals surface area contributed by atoms with Gasteiger partial charge >= 0.3 is 0 Å². The van der Waals surface area contributed by atoms with Crippen molar-refractivity contribution in [3.63, 3.8) is 0 Å². The second-order valence-electron chi connectivity index (χ2n) is 5.03. The molecular weight excluding hydrogens is 328 g/mol. The number of ether oxygens (including phenoxy) is 2. The lowest BCUT2D eigenvalue weighted by Gasteiger charge is -2.27. The fourth-order valence-corrected chi connectivity index (χ4v) is 3.12. The molecule has 1 saturated carbocycles. The third-order valence-electron chi connectivity index (χ3n) is 3.63. The normalized spacial score (nSPS) is 17.0. The fraction of sp³-hybridized carbons (Fsp3) is 0.600. The van der Waals surface area contributed by atoms with Crippen molar-refractivity contribution in [2.75, 3.05) is 20.3 Å². The van der Waals surface area contributed by atoms with E-state index < -0.39 is 0 Å². The van der Waals surface area contributed by atoms with Gasteiger partial charge in [-0.05, 0) is 46.0 Å². The van der Waals surface area contributed by atoms with E-state index in [1.807, 2.05) is 6.07 Å². The molecule has 1 aromatic carbocycles. The van der Waals surface area contributed by atoms with Crippen molar-refractivity contribution in [2.45, 2.75) is 31.1 Å². The van der Waals surface area contributed by atoms with Crippen LogP contribution in [-0.4, -0.2) is 20.3 Å². The topological polar surface area (TPSA) is 18.5 Å². The lowest BCUT2D eigenvalue weighted by molar-refractivity contribution is 0.146. The van der Waals surface area contributed by atoms with E-state index >= 15 is 0 Å². The predicted molar refractivity (Wildman–Crippen MR) is 82.1 cm³/mol. The minimum Gasteiger partial charge on any atom is -0.490 e. The fourth-order valence-electron chi connectivity index (χ4n) is 2.22. The maximum atomic E-state index is 6.48. The molecule has 1 atom stereocenters. The molecule has 106 valence electrons. The van der Waals surface area contributed by atoms with Gasteiger partial charge in [0.05, 0.1) is 16.5 Å². The Kier molecular flexibility index (Phi) is 5.99. The van der Waals surface area contributed by atoms with E-state index in [2.05, 4.69) is 28.1 Å². The molecule has 2 rings (SSSR count). The molecule has 0 heterocycles. The van der Waals surface area contributed by atoms with Crippen LogP contribution in [-0.2, 0) is 4.74 Å². The molecule has 0 N–H and O–H groups in total. The van der Waals surface area contributed by atoms with Crippen LogP contribution in [0.3, 0.4) is 0 Å². The molecule has 1 aliphatic carbocycles. The molecular formula is C15H20BrClO2. The molecule has 0 spiro atoms. The van der Waals surface area contributed by atoms with Gasteiger partial charge in [-0.3, -0.25) is 0 Å². The summed E-state index contributed by atoms with van der Waals surface area (Å²) >= 11 is 10.0. The Bertz CT molecular complexity index is 407. The SMILES string of the molecule is COCCOc1ccc(C(Cl)CC2CCC2)cc1Br. The Morgan fingerprint density at radius 1 is 1.37 bits per heavy atom. The number of methoxy groups -OCH3 is 1. The molecule has 0 radical (unpaired) electrons. The predicted octanol–water partition coefficient (Wildman–Crippen LogP) is 4.94. The molecule has 0 saturated heterocycles. The van der Waals surface area contributed by atoms with Crippen molar-refractivity contribution in [3.8, 4) is 5.75 Å². The lowest BCUT2D eigenvalue weighted by Crippen LogP contribution is -2.13. The Hall–Kier alpha value is -0.250. The van der Waals surface area contributed by atoms with E-state index in [0.29, 0.717) is 13.2 Å². The molecule has 0 amide bonds. The number of hydrogen-bond donors (Lipinski definition) is 0. The quantitative estimate of drug-likeness (QED) is 0.513. The van der Waals surface area contributed by atoms with Crippen LogP contribution < -0.4 is 4.74 Å². The summed E-state index contributed by atoms with van der Waals surface area (Å²) in [6.45, 7) is 1.15. The lowest BCUT2D eigenvalue weighted by atomic mass is 9.81. The van der Waals surface area contributed by atoms with Crippen molar-refractivity contribution >= 4 is 27.5 Å². The van der Waals surface area contributed by atoms with Crippen molar-refractivity contribution in [2.24, 2.45) is 5.92 Å². The minimum absolute atomic E-state index is 0.106. The van der Waals surface area contributed by atoms with Gasteiger partial charge in [0.1, 0.15) is 12.4 Å². The van der Waals surface area contributed by atoms with E-state index in [0.717, 1.165) is 22.6 Å². The third-order valence-corrected chi connectivity index (χ3v) is 4.68. The zero-order valence-corrected chi connectivity index (χ0v) is 13.5. The highest BCUT2D eigenvalue weighted by Crippen LogP contribution is 2.39. The summed E-state index contributed by atoms with van der Waals surface area (Å²) in [4.78, 5) is 0. The smallest absolute Gasteiger partial charge is 0.133 e. The largest absolute Gasteiger partial charge is 0.490 e. The van der Waals surface area contributed by atoms with Crippen LogP contribution in [0.5, 0.6) is 5.75 Å². The number of halogens is 2. The standard InChI is InChI=1S/C15H20BrClO2/c1-18-7-8-19-15-6-5-12(10-13(15)16)14(17)9-11-3-2-4-11/h5-6,10-11,14H,2-4,7-9H2,1H3. The Labute approximate surface area is 128 Å². The molecule has 0 aromatic heterocycles. The summed E-state index contributed by atoms with van der Waals surface area (Å²) in [5, 5.41) is 0.106. The van der Waals surface area contributed by atoms with Gasteiger partial charge in [0, 0.05) is 7.11 Å². The molecule has 1 unspecified atom stereocenters. The van der Waals surface area contributed by atoms with Crippen LogP contribution >= 0.6 is 27.5 Å². The van der Waals surface area contributed by atoms with Gasteiger partial charge in [-0.2, -0.15) is 0 Å². The molecule has 2 nitrogen and oxygen atoms in total. The highest BCUT2D eigenvalue weighted by Gasteiger charge is 2.22. The zero-order valence-electron chi connectivity index (χ0n) is 11.2. The summed E-state index contributed by atoms with van der Waals surface area (Å²) in [6, 6.07) is 6.10. The van der Waals surface area contributed by atoms with Crippen molar-refractivity contribution in [3.05, 3.63) is 28.2 Å². The number of rotatable bonds is 7. The van der Waals surface area contributed by atoms with Crippen molar-refractivity contribution < 1.29 is 9.47 Å². The van der Waals surface area contributed by atoms with Crippen LogP contribution in [0.2, 0.25) is 0 Å². The van der Waals surface area contributed by atoms with Gasteiger partial charge in [-0.25, -0.2) is 0 Å². The van der Waals surface area contributed by atoms with Crippen LogP contribution in [0.1, 0.15) is 36.6 Å². The number of hydrogen-bond acceptors (Lipinski definition) is 2. The van der Waals surface area contributed by atoms with Gasteiger partial charge in [-0.15, -0.1) is 11.6 Å². The molecule has 1 aromatic rings. The first-order valence-corrected chi connectivity index (χ1v) is 7.99. The van der Waals surface area contributed by atoms with E-state index in [1.54, 1.807) is 7.11 Å². The van der Waals surface area contributed by atoms with E-state index in [1.165, 1.54) is 24.8 Å². The molecule has 1 aliphatic rings. The average molecular weight is 348 g/mol. The van der Waals surface area contributed by atoms with Gasteiger partial charge < -0.3 is 9.47 Å². The molecule has 19 heavy (non-hydrogen) atoms. The highest BCUT2D eigenvalue weighted by atomic mass is 79.9. The van der Waals surface area contributed by atoms with Gasteiger partial charge in [0.2, 0.25) is 0 Å². The van der Waals surface area contributed by atoms with E-state index in [4.69, 9.17) is 21.1 Å². The molecule has 0 bridgehead atoms. The minimum atomic E-state index is 0.106. The van der Waals surface area contributed by atoms with Gasteiger partial charge in [0.25, 0.3) is 0 Å². The summed E-state index contributed by atoms with van der Waals surface area (Å²) in [6.07, 6.45) is 5.12. The Morgan fingerprint density at radius 3 is 2.74 bits per heavy atom. The monoisotopic (exact) mass is 346 g/mol. The summed E-state index contributed by atoms with van der Waals surface area (Å²) in [5.41, 5.74) is 1.17. The summed E-state index contributed by atoms with van der Waals surface area (Å²) in [7, 11) is 1.67. The second kappa shape index (κ2) is 7.51. The second-order valence-corrected chi connectivity index (χ2v) is 6.41. The Morgan fingerprint density at radius 2 is 2.16 bits per heavy atom. The zero-order chi connectivity index (χ0) is 13.7. The maximum absolute atomic E-state index is 6.48. The number of benzene rings is 1. The summed E-state index contributed by atoms with van der Waals surface area (Å²) < 4.78 is 11.5. The molecule has 4 heteroatoms. The van der Waals surface area contributed by atoms with Crippen LogP contribution in [0.15, 0.2) is 22.7 Å². The van der Waals surface area contributed by atoms with E-state index in [-0.39, 0.29) is 5.38 Å². The van der Waals surface area contributed by atoms with E-state index in [9.17, 15) is 0 Å². The van der Waals surface area contributed by atoms with Crippen LogP contribution in [0, 0.1) is 5.92 Å².